The third-order valence-corrected chi connectivity index (χ3v) is 4.46. The van der Waals surface area contributed by atoms with Crippen LogP contribution in [0.2, 0.25) is 0 Å². The van der Waals surface area contributed by atoms with Gasteiger partial charge in [-0.25, -0.2) is 0 Å². The molecule has 2 atom stereocenters. The van der Waals surface area contributed by atoms with Gasteiger partial charge in [0.15, 0.2) is 0 Å². The molecule has 2 saturated heterocycles. The minimum atomic E-state index is -0.102. The topological polar surface area (TPSA) is 39.7 Å². The Balaban J connectivity index is 1.74. The Kier molecular flexibility index (Phi) is 4.48. The molecule has 1 aromatic rings. The van der Waals surface area contributed by atoms with Crippen molar-refractivity contribution in [1.29, 1.82) is 0 Å². The predicted molar refractivity (Wildman–Crippen MR) is 81.7 cm³/mol. The quantitative estimate of drug-likeness (QED) is 0.925. The monoisotopic (exact) mass is 291 g/mol. The van der Waals surface area contributed by atoms with Gasteiger partial charge in [-0.1, -0.05) is 18.2 Å². The Morgan fingerprint density at radius 2 is 2.29 bits per heavy atom. The second-order valence-corrected chi connectivity index (χ2v) is 6.16. The average molecular weight is 291 g/mol. The van der Waals surface area contributed by atoms with Crippen LogP contribution in [0, 0.1) is 6.92 Å². The number of hydrogen-bond acceptors (Lipinski definition) is 4. The summed E-state index contributed by atoms with van der Waals surface area (Å²) in [6.07, 6.45) is 3.09. The van der Waals surface area contributed by atoms with Gasteiger partial charge in [0.25, 0.3) is 0 Å². The lowest BCUT2D eigenvalue weighted by Crippen LogP contribution is -2.44. The van der Waals surface area contributed by atoms with Gasteiger partial charge in [0.2, 0.25) is 0 Å². The van der Waals surface area contributed by atoms with Gasteiger partial charge in [0.05, 0.1) is 18.8 Å². The number of benzene rings is 1. The number of ether oxygens (including phenoxy) is 3. The normalized spacial score (nSPS) is 29.0. The molecule has 0 amide bonds. The predicted octanol–water partition coefficient (Wildman–Crippen LogP) is 2.43. The minimum absolute atomic E-state index is 0.102. The highest BCUT2D eigenvalue weighted by Gasteiger charge is 2.42. The zero-order chi connectivity index (χ0) is 14.7. The van der Waals surface area contributed by atoms with Gasteiger partial charge in [-0.3, -0.25) is 0 Å². The van der Waals surface area contributed by atoms with E-state index in [4.69, 9.17) is 14.2 Å². The minimum Gasteiger partial charge on any atom is -0.490 e. The molecular formula is C17H25NO3. The van der Waals surface area contributed by atoms with E-state index in [1.807, 2.05) is 7.05 Å². The molecule has 3 rings (SSSR count). The highest BCUT2D eigenvalue weighted by molar-refractivity contribution is 5.41. The number of rotatable bonds is 4. The molecule has 0 bridgehead atoms. The fourth-order valence-electron chi connectivity index (χ4n) is 3.32. The van der Waals surface area contributed by atoms with Crippen LogP contribution >= 0.6 is 0 Å². The van der Waals surface area contributed by atoms with Crippen LogP contribution in [0.3, 0.4) is 0 Å². The van der Waals surface area contributed by atoms with Gasteiger partial charge in [0.1, 0.15) is 11.9 Å². The molecule has 0 aromatic heterocycles. The molecule has 4 nitrogen and oxygen atoms in total. The van der Waals surface area contributed by atoms with Crippen molar-refractivity contribution in [3.05, 3.63) is 29.3 Å². The summed E-state index contributed by atoms with van der Waals surface area (Å²) in [5, 5.41) is 3.21. The Labute approximate surface area is 126 Å². The van der Waals surface area contributed by atoms with Crippen LogP contribution in [0.15, 0.2) is 18.2 Å². The first-order chi connectivity index (χ1) is 10.2. The number of aryl methyl sites for hydroxylation is 1. The molecule has 1 aromatic carbocycles. The first-order valence-corrected chi connectivity index (χ1v) is 7.84. The smallest absolute Gasteiger partial charge is 0.127 e. The van der Waals surface area contributed by atoms with E-state index in [9.17, 15) is 0 Å². The average Bonchev–Trinajstić information content (AvgIpc) is 2.91. The summed E-state index contributed by atoms with van der Waals surface area (Å²) in [5.41, 5.74) is 2.32. The summed E-state index contributed by atoms with van der Waals surface area (Å²) in [7, 11) is 1.96. The van der Waals surface area contributed by atoms with Crippen molar-refractivity contribution in [2.45, 2.75) is 44.4 Å². The molecule has 0 radical (unpaired) electrons. The molecule has 1 N–H and O–H groups in total. The Hall–Kier alpha value is -1.10. The van der Waals surface area contributed by atoms with Gasteiger partial charge in [-0.15, -0.1) is 0 Å². The maximum atomic E-state index is 6.38. The van der Waals surface area contributed by atoms with Crippen molar-refractivity contribution < 1.29 is 14.2 Å². The van der Waals surface area contributed by atoms with Crippen LogP contribution in [0.5, 0.6) is 5.75 Å². The summed E-state index contributed by atoms with van der Waals surface area (Å²) in [6.45, 7) is 5.23. The number of para-hydroxylation sites is 1. The van der Waals surface area contributed by atoms with Gasteiger partial charge >= 0.3 is 0 Å². The van der Waals surface area contributed by atoms with Crippen molar-refractivity contribution in [3.63, 3.8) is 0 Å². The Bertz CT molecular complexity index is 483. The largest absolute Gasteiger partial charge is 0.490 e. The van der Waals surface area contributed by atoms with Crippen LogP contribution < -0.4 is 10.1 Å². The van der Waals surface area contributed by atoms with Crippen LogP contribution in [0.25, 0.3) is 0 Å². The summed E-state index contributed by atoms with van der Waals surface area (Å²) >= 11 is 0. The van der Waals surface area contributed by atoms with E-state index in [0.717, 1.165) is 44.8 Å². The van der Waals surface area contributed by atoms with E-state index < -0.39 is 0 Å². The first kappa shape index (κ1) is 14.8. The molecule has 2 aliphatic heterocycles. The van der Waals surface area contributed by atoms with Crippen LogP contribution in [-0.4, -0.2) is 38.6 Å². The van der Waals surface area contributed by atoms with Gasteiger partial charge in [0, 0.05) is 38.0 Å². The van der Waals surface area contributed by atoms with Crippen molar-refractivity contribution in [2.75, 3.05) is 26.9 Å². The Morgan fingerprint density at radius 3 is 3.05 bits per heavy atom. The molecular weight excluding hydrogens is 266 g/mol. The van der Waals surface area contributed by atoms with E-state index in [0.29, 0.717) is 6.61 Å². The molecule has 4 heteroatoms. The lowest BCUT2D eigenvalue weighted by atomic mass is 9.91. The number of nitrogens with one attached hydrogen (secondary N) is 1. The lowest BCUT2D eigenvalue weighted by molar-refractivity contribution is -0.112. The Morgan fingerprint density at radius 1 is 1.38 bits per heavy atom. The molecule has 2 heterocycles. The second-order valence-electron chi connectivity index (χ2n) is 6.16. The summed E-state index contributed by atoms with van der Waals surface area (Å²) in [4.78, 5) is 0. The summed E-state index contributed by atoms with van der Waals surface area (Å²) in [5.74, 6) is 1.04. The third kappa shape index (κ3) is 3.23. The molecule has 21 heavy (non-hydrogen) atoms. The lowest BCUT2D eigenvalue weighted by Gasteiger charge is -2.37. The summed E-state index contributed by atoms with van der Waals surface area (Å²) < 4.78 is 17.9. The van der Waals surface area contributed by atoms with Gasteiger partial charge < -0.3 is 19.5 Å². The van der Waals surface area contributed by atoms with E-state index in [-0.39, 0.29) is 11.7 Å². The molecule has 116 valence electrons. The summed E-state index contributed by atoms with van der Waals surface area (Å²) in [6, 6.07) is 6.33. The van der Waals surface area contributed by atoms with Crippen LogP contribution in [0.4, 0.5) is 0 Å². The van der Waals surface area contributed by atoms with Crippen molar-refractivity contribution in [3.8, 4) is 5.75 Å². The molecule has 1 spiro atoms. The fraction of sp³-hybridized carbons (Fsp3) is 0.647. The molecule has 0 aliphatic carbocycles. The SMILES string of the molecule is CNCc1cccc(C)c1OC1CCOC2(CCOC2)C1. The molecule has 0 saturated carbocycles. The highest BCUT2D eigenvalue weighted by atomic mass is 16.6. The zero-order valence-corrected chi connectivity index (χ0v) is 13.0. The standard InChI is InChI=1S/C17H25NO3/c1-13-4-3-5-14(11-18-2)16(13)21-15-6-8-20-17(10-15)7-9-19-12-17/h3-5,15,18H,6-12H2,1-2H3. The van der Waals surface area contributed by atoms with Crippen LogP contribution in [-0.2, 0) is 16.0 Å². The number of hydrogen-bond donors (Lipinski definition) is 1. The molecule has 2 fully saturated rings. The third-order valence-electron chi connectivity index (χ3n) is 4.46. The zero-order valence-electron chi connectivity index (χ0n) is 13.0. The van der Waals surface area contributed by atoms with Crippen molar-refractivity contribution in [2.24, 2.45) is 0 Å². The maximum absolute atomic E-state index is 6.38. The maximum Gasteiger partial charge on any atom is 0.127 e. The van der Waals surface area contributed by atoms with Gasteiger partial charge in [-0.2, -0.15) is 0 Å². The van der Waals surface area contributed by atoms with Crippen molar-refractivity contribution in [1.82, 2.24) is 5.32 Å². The van der Waals surface area contributed by atoms with E-state index >= 15 is 0 Å². The molecule has 2 unspecified atom stereocenters. The van der Waals surface area contributed by atoms with E-state index in [1.165, 1.54) is 11.1 Å². The van der Waals surface area contributed by atoms with Crippen LogP contribution in [0.1, 0.15) is 30.4 Å². The van der Waals surface area contributed by atoms with Crippen molar-refractivity contribution >= 4 is 0 Å². The highest BCUT2D eigenvalue weighted by Crippen LogP contribution is 2.35. The second kappa shape index (κ2) is 6.34. The molecule has 2 aliphatic rings. The van der Waals surface area contributed by atoms with Gasteiger partial charge in [-0.05, 0) is 19.5 Å². The van der Waals surface area contributed by atoms with E-state index in [1.54, 1.807) is 0 Å². The van der Waals surface area contributed by atoms with E-state index in [2.05, 4.69) is 30.4 Å². The first-order valence-electron chi connectivity index (χ1n) is 7.84. The fourth-order valence-corrected chi connectivity index (χ4v) is 3.32.